The number of hydrogen-bond acceptors (Lipinski definition) is 2. The Bertz CT molecular complexity index is 48.8. The van der Waals surface area contributed by atoms with Crippen molar-refractivity contribution in [1.29, 1.82) is 0 Å². The molecule has 0 unspecified atom stereocenters. The molecule has 38 valence electrons. The molecule has 0 atom stereocenters. The zero-order valence-corrected chi connectivity index (χ0v) is 4.01. The maximum Gasteiger partial charge on any atom is 1.00 e. The van der Waals surface area contributed by atoms with E-state index in [4.69, 9.17) is 0 Å². The molecule has 0 spiro atoms. The first-order chi connectivity index (χ1) is 2.50. The normalized spacial score (nSPS) is 16.0. The Hall–Kier alpha value is -0.0105. The Morgan fingerprint density at radius 1 is 1.67 bits per heavy atom. The number of nitrogens with zero attached hydrogens (tertiary/aromatic N) is 1. The van der Waals surface area contributed by atoms with Gasteiger partial charge in [-0.15, -0.1) is 0 Å². The Morgan fingerprint density at radius 3 is 2.67 bits per heavy atom. The van der Waals surface area contributed by atoms with Crippen LogP contribution in [0.15, 0.2) is 4.99 Å². The summed E-state index contributed by atoms with van der Waals surface area (Å²) in [5.41, 5.74) is 0. The van der Waals surface area contributed by atoms with Gasteiger partial charge in [-0.3, -0.25) is 0 Å². The van der Waals surface area contributed by atoms with Crippen molar-refractivity contribution in [3.63, 3.8) is 0 Å². The summed E-state index contributed by atoms with van der Waals surface area (Å²) in [6, 6.07) is 0. The Kier molecular flexibility index (Phi) is 3.18. The van der Waals surface area contributed by atoms with Gasteiger partial charge >= 0.3 is 17.1 Å². The maximum atomic E-state index is 4.53. The van der Waals surface area contributed by atoms with E-state index in [1.807, 2.05) is 0 Å². The average Bonchev–Trinajstić information content (AvgIpc) is 1.76. The predicted molar refractivity (Wildman–Crippen MR) is 18.3 cm³/mol. The molecule has 1 heterocycles. The van der Waals surface area contributed by atoms with Gasteiger partial charge in [0, 0.05) is 6.54 Å². The van der Waals surface area contributed by atoms with Gasteiger partial charge < -0.3 is 9.73 Å². The minimum Gasteiger partial charge on any atom is -0.674 e. The van der Waals surface area contributed by atoms with Crippen molar-refractivity contribution in [3.05, 3.63) is 0 Å². The van der Waals surface area contributed by atoms with Crippen LogP contribution in [0.3, 0.4) is 0 Å². The molecular weight excluding hydrogens is 130 g/mol. The first-order valence-corrected chi connectivity index (χ1v) is 1.53. The fourth-order valence-electron chi connectivity index (χ4n) is 0.228. The molecule has 1 aliphatic heterocycles. The third-order valence-corrected chi connectivity index (χ3v) is 0.434. The van der Waals surface area contributed by atoms with Crippen molar-refractivity contribution >= 4 is 6.40 Å². The summed E-state index contributed by atoms with van der Waals surface area (Å²) >= 11 is 0. The van der Waals surface area contributed by atoms with Crippen LogP contribution in [0.5, 0.6) is 0 Å². The molecule has 0 aliphatic carbocycles. The fourth-order valence-corrected chi connectivity index (χ4v) is 0.228. The van der Waals surface area contributed by atoms with Gasteiger partial charge in [-0.05, 0) is 0 Å². The predicted octanol–water partition coefficient (Wildman–Crippen LogP) is -0.0806. The zero-order valence-electron chi connectivity index (χ0n) is 3.07. The molecule has 0 amide bonds. The van der Waals surface area contributed by atoms with Gasteiger partial charge in [0.05, 0.1) is 6.61 Å². The topological polar surface area (TPSA) is 21.6 Å². The number of hydrogen-bond donors (Lipinski definition) is 0. The molecule has 3 heteroatoms. The molecule has 0 bridgehead atoms. The van der Waals surface area contributed by atoms with E-state index in [0.29, 0.717) is 0 Å². The van der Waals surface area contributed by atoms with Crippen molar-refractivity contribution < 1.29 is 21.8 Å². The van der Waals surface area contributed by atoms with Crippen LogP contribution < -0.4 is 0 Å². The average molecular weight is 134 g/mol. The summed E-state index contributed by atoms with van der Waals surface area (Å²) in [6.45, 7) is 1.51. The molecular formula is C3H4CuNO. The summed E-state index contributed by atoms with van der Waals surface area (Å²) in [4.78, 5) is 3.61. The summed E-state index contributed by atoms with van der Waals surface area (Å²) in [5.74, 6) is 0. The van der Waals surface area contributed by atoms with E-state index in [1.165, 1.54) is 0 Å². The van der Waals surface area contributed by atoms with Crippen LogP contribution in [0.2, 0.25) is 0 Å². The molecule has 6 heavy (non-hydrogen) atoms. The van der Waals surface area contributed by atoms with Gasteiger partial charge in [-0.2, -0.15) is 0 Å². The molecule has 2 nitrogen and oxygen atoms in total. The molecule has 0 fully saturated rings. The Balaban J connectivity index is 0.000000250. The molecule has 0 radical (unpaired) electrons. The van der Waals surface area contributed by atoms with E-state index >= 15 is 0 Å². The van der Waals surface area contributed by atoms with Crippen molar-refractivity contribution in [2.45, 2.75) is 0 Å². The fraction of sp³-hybridized carbons (Fsp3) is 0.667. The van der Waals surface area contributed by atoms with E-state index in [2.05, 4.69) is 16.1 Å². The molecule has 0 aromatic heterocycles. The van der Waals surface area contributed by atoms with E-state index < -0.39 is 0 Å². The second kappa shape index (κ2) is 3.19. The second-order valence-electron chi connectivity index (χ2n) is 0.821. The van der Waals surface area contributed by atoms with Crippen LogP contribution in [0, 0.1) is 0 Å². The van der Waals surface area contributed by atoms with Crippen LogP contribution in [0.25, 0.3) is 0 Å². The van der Waals surface area contributed by atoms with Crippen molar-refractivity contribution in [2.24, 2.45) is 4.99 Å². The van der Waals surface area contributed by atoms with Crippen LogP contribution in [0.4, 0.5) is 0 Å². The van der Waals surface area contributed by atoms with Crippen LogP contribution in [0.1, 0.15) is 0 Å². The molecule has 1 aliphatic rings. The largest absolute Gasteiger partial charge is 1.00 e. The number of aliphatic imine (C=N–C) groups is 1. The van der Waals surface area contributed by atoms with E-state index in [9.17, 15) is 0 Å². The van der Waals surface area contributed by atoms with Gasteiger partial charge in [-0.1, -0.05) is 0 Å². The quantitative estimate of drug-likeness (QED) is 0.335. The third kappa shape index (κ3) is 1.43. The van der Waals surface area contributed by atoms with Crippen molar-refractivity contribution in [3.8, 4) is 0 Å². The van der Waals surface area contributed by atoms with Crippen molar-refractivity contribution in [1.82, 2.24) is 0 Å². The van der Waals surface area contributed by atoms with Crippen LogP contribution in [-0.2, 0) is 21.8 Å². The molecule has 0 saturated carbocycles. The van der Waals surface area contributed by atoms with Gasteiger partial charge in [-0.25, -0.2) is 6.40 Å². The zero-order chi connectivity index (χ0) is 3.54. The van der Waals surface area contributed by atoms with Gasteiger partial charge in [0.25, 0.3) is 0 Å². The third-order valence-electron chi connectivity index (χ3n) is 0.434. The SMILES string of the molecule is [C-]1=NCCO1.[Cu+]. The minimum absolute atomic E-state index is 0. The number of ether oxygens (including phenoxy) is 1. The molecule has 0 aromatic rings. The smallest absolute Gasteiger partial charge is 0.674 e. The molecule has 0 N–H and O–H groups in total. The summed E-state index contributed by atoms with van der Waals surface area (Å²) in [6.07, 6.45) is 2.35. The minimum atomic E-state index is 0. The summed E-state index contributed by atoms with van der Waals surface area (Å²) in [5, 5.41) is 0. The van der Waals surface area contributed by atoms with E-state index in [-0.39, 0.29) is 17.1 Å². The van der Waals surface area contributed by atoms with Crippen LogP contribution >= 0.6 is 0 Å². The monoisotopic (exact) mass is 133 g/mol. The van der Waals surface area contributed by atoms with Gasteiger partial charge in [0.1, 0.15) is 0 Å². The molecule has 0 aromatic carbocycles. The first kappa shape index (κ1) is 5.99. The molecule has 0 saturated heterocycles. The summed E-state index contributed by atoms with van der Waals surface area (Å²) < 4.78 is 4.53. The first-order valence-electron chi connectivity index (χ1n) is 1.53. The van der Waals surface area contributed by atoms with E-state index in [1.54, 1.807) is 0 Å². The van der Waals surface area contributed by atoms with Crippen molar-refractivity contribution in [2.75, 3.05) is 13.2 Å². The number of rotatable bonds is 0. The molecule has 1 rings (SSSR count). The summed E-state index contributed by atoms with van der Waals surface area (Å²) in [7, 11) is 0. The van der Waals surface area contributed by atoms with Gasteiger partial charge in [0.2, 0.25) is 0 Å². The Morgan fingerprint density at radius 2 is 2.50 bits per heavy atom. The maximum absolute atomic E-state index is 4.53. The Labute approximate surface area is 47.1 Å². The van der Waals surface area contributed by atoms with E-state index in [0.717, 1.165) is 13.2 Å². The van der Waals surface area contributed by atoms with Crippen LogP contribution in [-0.4, -0.2) is 19.6 Å². The standard InChI is InChI=1S/C3H4NO.Cu/c1-2-5-3-4-1;/h1-2H2;/q-1;+1. The second-order valence-corrected chi connectivity index (χ2v) is 0.821. The van der Waals surface area contributed by atoms with Gasteiger partial charge in [0.15, 0.2) is 0 Å².